The number of carbonyl (C=O) groups excluding carboxylic acids is 1. The molecule has 1 aliphatic heterocycles. The molecule has 1 aromatic rings. The van der Waals surface area contributed by atoms with Gasteiger partial charge in [-0.2, -0.15) is 13.2 Å². The molecular formula is C16H19F3N2O4. The van der Waals surface area contributed by atoms with Gasteiger partial charge in [0.05, 0.1) is 5.41 Å². The summed E-state index contributed by atoms with van der Waals surface area (Å²) < 4.78 is 41.1. The van der Waals surface area contributed by atoms with Crippen molar-refractivity contribution >= 4 is 12.0 Å². The Hall–Kier alpha value is -2.45. The van der Waals surface area contributed by atoms with Crippen LogP contribution in [0.15, 0.2) is 24.3 Å². The van der Waals surface area contributed by atoms with Crippen LogP contribution in [0.2, 0.25) is 0 Å². The molecule has 1 atom stereocenters. The zero-order chi connectivity index (χ0) is 18.7. The quantitative estimate of drug-likeness (QED) is 0.846. The van der Waals surface area contributed by atoms with E-state index >= 15 is 0 Å². The lowest BCUT2D eigenvalue weighted by molar-refractivity contribution is -0.153. The molecule has 2 amide bonds. The van der Waals surface area contributed by atoms with Crippen LogP contribution in [0.5, 0.6) is 5.75 Å². The van der Waals surface area contributed by atoms with Gasteiger partial charge in [-0.3, -0.25) is 4.79 Å². The number of hydrogen-bond acceptors (Lipinski definition) is 3. The van der Waals surface area contributed by atoms with Crippen molar-refractivity contribution in [3.8, 4) is 5.75 Å². The Labute approximate surface area is 142 Å². The minimum atomic E-state index is -4.42. The third kappa shape index (κ3) is 5.27. The van der Waals surface area contributed by atoms with Crippen molar-refractivity contribution in [3.63, 3.8) is 0 Å². The maximum absolute atomic E-state index is 12.2. The summed E-state index contributed by atoms with van der Waals surface area (Å²) >= 11 is 0. The van der Waals surface area contributed by atoms with Gasteiger partial charge in [0.2, 0.25) is 0 Å². The molecule has 0 aliphatic carbocycles. The zero-order valence-electron chi connectivity index (χ0n) is 13.6. The van der Waals surface area contributed by atoms with Crippen molar-refractivity contribution in [2.24, 2.45) is 5.41 Å². The highest BCUT2D eigenvalue weighted by molar-refractivity contribution is 5.79. The molecule has 0 bridgehead atoms. The summed E-state index contributed by atoms with van der Waals surface area (Å²) in [5, 5.41) is 11.8. The molecule has 1 heterocycles. The zero-order valence-corrected chi connectivity index (χ0v) is 13.6. The van der Waals surface area contributed by atoms with E-state index in [2.05, 4.69) is 10.1 Å². The number of benzene rings is 1. The SMILES string of the molecule is CC1(C(=O)O)CCN(C(=O)NCc2cccc(OCC(F)(F)F)c2)C1. The van der Waals surface area contributed by atoms with Crippen LogP contribution in [-0.2, 0) is 11.3 Å². The number of halogens is 3. The average Bonchev–Trinajstić information content (AvgIpc) is 2.94. The topological polar surface area (TPSA) is 78.9 Å². The third-order valence-electron chi connectivity index (χ3n) is 4.02. The van der Waals surface area contributed by atoms with E-state index in [1.807, 2.05) is 0 Å². The minimum Gasteiger partial charge on any atom is -0.484 e. The molecule has 2 rings (SSSR count). The molecule has 1 fully saturated rings. The maximum Gasteiger partial charge on any atom is 0.422 e. The Morgan fingerprint density at radius 1 is 1.40 bits per heavy atom. The Morgan fingerprint density at radius 2 is 2.12 bits per heavy atom. The number of nitrogens with one attached hydrogen (secondary N) is 1. The molecule has 2 N–H and O–H groups in total. The molecular weight excluding hydrogens is 341 g/mol. The molecule has 138 valence electrons. The number of carbonyl (C=O) groups is 2. The summed E-state index contributed by atoms with van der Waals surface area (Å²) in [4.78, 5) is 24.7. The fraction of sp³-hybridized carbons (Fsp3) is 0.500. The predicted molar refractivity (Wildman–Crippen MR) is 82.2 cm³/mol. The van der Waals surface area contributed by atoms with Gasteiger partial charge in [-0.1, -0.05) is 12.1 Å². The fourth-order valence-corrected chi connectivity index (χ4v) is 2.51. The van der Waals surface area contributed by atoms with Crippen molar-refractivity contribution in [2.75, 3.05) is 19.7 Å². The van der Waals surface area contributed by atoms with E-state index in [0.29, 0.717) is 18.5 Å². The standard InChI is InChI=1S/C16H19F3N2O4/c1-15(13(22)23)5-6-21(9-15)14(24)20-8-11-3-2-4-12(7-11)25-10-16(17,18)19/h2-4,7H,5-6,8-10H2,1H3,(H,20,24)(H,22,23). The first-order chi connectivity index (χ1) is 11.6. The molecule has 9 heteroatoms. The van der Waals surface area contributed by atoms with E-state index < -0.39 is 30.2 Å². The summed E-state index contributed by atoms with van der Waals surface area (Å²) in [5.74, 6) is -0.888. The van der Waals surface area contributed by atoms with Crippen LogP contribution in [0.1, 0.15) is 18.9 Å². The number of ether oxygens (including phenoxy) is 1. The highest BCUT2D eigenvalue weighted by atomic mass is 19.4. The Bertz CT molecular complexity index is 651. The van der Waals surface area contributed by atoms with Crippen LogP contribution in [-0.4, -0.2) is 47.9 Å². The van der Waals surface area contributed by atoms with Crippen LogP contribution in [0, 0.1) is 5.41 Å². The molecule has 1 aromatic carbocycles. The average molecular weight is 360 g/mol. The molecule has 0 spiro atoms. The highest BCUT2D eigenvalue weighted by Crippen LogP contribution is 2.30. The summed E-state index contributed by atoms with van der Waals surface area (Å²) in [7, 11) is 0. The normalized spacial score (nSPS) is 20.4. The molecule has 1 aliphatic rings. The number of hydrogen-bond donors (Lipinski definition) is 2. The molecule has 0 radical (unpaired) electrons. The highest BCUT2D eigenvalue weighted by Gasteiger charge is 2.42. The van der Waals surface area contributed by atoms with Crippen LogP contribution in [0.3, 0.4) is 0 Å². The first-order valence-electron chi connectivity index (χ1n) is 7.64. The second-order valence-electron chi connectivity index (χ2n) is 6.25. The number of carboxylic acid groups (broad SMARTS) is 1. The second-order valence-corrected chi connectivity index (χ2v) is 6.25. The number of rotatable bonds is 5. The number of urea groups is 1. The number of amides is 2. The minimum absolute atomic E-state index is 0.0590. The Kier molecular flexibility index (Phi) is 5.44. The van der Waals surface area contributed by atoms with Gasteiger partial charge >= 0.3 is 18.2 Å². The van der Waals surface area contributed by atoms with Crippen LogP contribution in [0.4, 0.5) is 18.0 Å². The lowest BCUT2D eigenvalue weighted by Gasteiger charge is -2.20. The number of carboxylic acids is 1. The van der Waals surface area contributed by atoms with E-state index in [0.717, 1.165) is 0 Å². The van der Waals surface area contributed by atoms with E-state index in [4.69, 9.17) is 5.11 Å². The second kappa shape index (κ2) is 7.20. The van der Waals surface area contributed by atoms with Gasteiger partial charge in [0.15, 0.2) is 6.61 Å². The number of nitrogens with zero attached hydrogens (tertiary/aromatic N) is 1. The van der Waals surface area contributed by atoms with Gasteiger partial charge in [0.1, 0.15) is 5.75 Å². The van der Waals surface area contributed by atoms with Crippen molar-refractivity contribution in [2.45, 2.75) is 26.1 Å². The maximum atomic E-state index is 12.2. The van der Waals surface area contributed by atoms with E-state index in [9.17, 15) is 22.8 Å². The monoisotopic (exact) mass is 360 g/mol. The van der Waals surface area contributed by atoms with Gasteiger partial charge in [-0.15, -0.1) is 0 Å². The Morgan fingerprint density at radius 3 is 2.72 bits per heavy atom. The third-order valence-corrected chi connectivity index (χ3v) is 4.02. The van der Waals surface area contributed by atoms with Gasteiger partial charge in [0.25, 0.3) is 0 Å². The lowest BCUT2D eigenvalue weighted by atomic mass is 9.90. The van der Waals surface area contributed by atoms with Crippen LogP contribution >= 0.6 is 0 Å². The van der Waals surface area contributed by atoms with Crippen molar-refractivity contribution in [1.29, 1.82) is 0 Å². The van der Waals surface area contributed by atoms with Crippen molar-refractivity contribution in [3.05, 3.63) is 29.8 Å². The van der Waals surface area contributed by atoms with E-state index in [-0.39, 0.29) is 18.8 Å². The van der Waals surface area contributed by atoms with E-state index in [1.54, 1.807) is 13.0 Å². The Balaban J connectivity index is 1.87. The number of alkyl halides is 3. The van der Waals surface area contributed by atoms with Crippen molar-refractivity contribution < 1.29 is 32.6 Å². The van der Waals surface area contributed by atoms with Crippen LogP contribution in [0.25, 0.3) is 0 Å². The molecule has 1 saturated heterocycles. The summed E-state index contributed by atoms with van der Waals surface area (Å²) in [6, 6.07) is 5.58. The summed E-state index contributed by atoms with van der Waals surface area (Å²) in [6.07, 6.45) is -4.05. The molecule has 0 saturated carbocycles. The largest absolute Gasteiger partial charge is 0.484 e. The molecule has 0 aromatic heterocycles. The molecule has 25 heavy (non-hydrogen) atoms. The fourth-order valence-electron chi connectivity index (χ4n) is 2.51. The first-order valence-corrected chi connectivity index (χ1v) is 7.64. The molecule has 6 nitrogen and oxygen atoms in total. The van der Waals surface area contributed by atoms with Gasteiger partial charge in [0, 0.05) is 19.6 Å². The number of aliphatic carboxylic acids is 1. The smallest absolute Gasteiger partial charge is 0.422 e. The first kappa shape index (κ1) is 18.9. The molecule has 1 unspecified atom stereocenters. The van der Waals surface area contributed by atoms with Gasteiger partial charge in [-0.05, 0) is 31.0 Å². The van der Waals surface area contributed by atoms with E-state index in [1.165, 1.54) is 23.1 Å². The number of likely N-dealkylation sites (tertiary alicyclic amines) is 1. The van der Waals surface area contributed by atoms with Crippen molar-refractivity contribution in [1.82, 2.24) is 10.2 Å². The summed E-state index contributed by atoms with van der Waals surface area (Å²) in [5.41, 5.74) is -0.379. The van der Waals surface area contributed by atoms with Crippen LogP contribution < -0.4 is 10.1 Å². The summed E-state index contributed by atoms with van der Waals surface area (Å²) in [6.45, 7) is 0.753. The lowest BCUT2D eigenvalue weighted by Crippen LogP contribution is -2.40. The van der Waals surface area contributed by atoms with Gasteiger partial charge < -0.3 is 20.1 Å². The predicted octanol–water partition coefficient (Wildman–Crippen LogP) is 2.63. The van der Waals surface area contributed by atoms with Gasteiger partial charge in [-0.25, -0.2) is 4.79 Å².